The average molecular weight is 370 g/mol. The van der Waals surface area contributed by atoms with Gasteiger partial charge in [-0.3, -0.25) is 9.59 Å². The van der Waals surface area contributed by atoms with Crippen LogP contribution < -0.4 is 10.1 Å². The molecule has 0 bridgehead atoms. The van der Waals surface area contributed by atoms with Crippen molar-refractivity contribution in [2.75, 3.05) is 19.0 Å². The standard InChI is InChI=1S/C20H22N2O3S/c1-3-25-15-10-8-14(9-11-15)13-22(2)19(23)12-18-20(24)21-16-6-4-5-7-17(16)26-18/h4-11,18H,3,12-13H2,1-2H3,(H,21,24)/t18-/m1/s1. The van der Waals surface area contributed by atoms with Crippen molar-refractivity contribution in [1.82, 2.24) is 4.90 Å². The zero-order valence-corrected chi connectivity index (χ0v) is 15.7. The maximum absolute atomic E-state index is 12.6. The third-order valence-electron chi connectivity index (χ3n) is 4.15. The van der Waals surface area contributed by atoms with Crippen LogP contribution in [0.1, 0.15) is 18.9 Å². The summed E-state index contributed by atoms with van der Waals surface area (Å²) in [5, 5.41) is 2.48. The van der Waals surface area contributed by atoms with Gasteiger partial charge in [0.25, 0.3) is 0 Å². The van der Waals surface area contributed by atoms with Crippen molar-refractivity contribution in [1.29, 1.82) is 0 Å². The summed E-state index contributed by atoms with van der Waals surface area (Å²) in [5.41, 5.74) is 1.84. The van der Waals surface area contributed by atoms with Crippen LogP contribution in [0.2, 0.25) is 0 Å². The molecule has 0 radical (unpaired) electrons. The number of benzene rings is 2. The predicted octanol–water partition coefficient (Wildman–Crippen LogP) is 3.55. The van der Waals surface area contributed by atoms with Gasteiger partial charge in [0.1, 0.15) is 5.75 Å². The Kier molecular flexibility index (Phi) is 5.83. The van der Waals surface area contributed by atoms with E-state index in [-0.39, 0.29) is 18.2 Å². The zero-order valence-electron chi connectivity index (χ0n) is 14.9. The Morgan fingerprint density at radius 3 is 2.65 bits per heavy atom. The van der Waals surface area contributed by atoms with E-state index in [1.165, 1.54) is 11.8 Å². The molecule has 1 N–H and O–H groups in total. The molecule has 0 saturated carbocycles. The molecule has 0 saturated heterocycles. The summed E-state index contributed by atoms with van der Waals surface area (Å²) in [6.07, 6.45) is 0.179. The SMILES string of the molecule is CCOc1ccc(CN(C)C(=O)C[C@H]2Sc3ccccc3NC2=O)cc1. The van der Waals surface area contributed by atoms with E-state index in [9.17, 15) is 9.59 Å². The van der Waals surface area contributed by atoms with Gasteiger partial charge < -0.3 is 15.0 Å². The Hall–Kier alpha value is -2.47. The van der Waals surface area contributed by atoms with Crippen molar-refractivity contribution in [2.24, 2.45) is 0 Å². The number of thioether (sulfide) groups is 1. The number of ether oxygens (including phenoxy) is 1. The lowest BCUT2D eigenvalue weighted by molar-refractivity contribution is -0.131. The Labute approximate surface area is 157 Å². The van der Waals surface area contributed by atoms with Crippen LogP contribution >= 0.6 is 11.8 Å². The second kappa shape index (κ2) is 8.27. The monoisotopic (exact) mass is 370 g/mol. The number of amides is 2. The first-order chi connectivity index (χ1) is 12.6. The third kappa shape index (κ3) is 4.38. The molecule has 6 heteroatoms. The molecule has 1 aliphatic rings. The number of para-hydroxylation sites is 1. The molecule has 2 aromatic carbocycles. The number of nitrogens with one attached hydrogen (secondary N) is 1. The number of hydrogen-bond acceptors (Lipinski definition) is 4. The van der Waals surface area contributed by atoms with Gasteiger partial charge in [-0.2, -0.15) is 0 Å². The summed E-state index contributed by atoms with van der Waals surface area (Å²) < 4.78 is 5.43. The first-order valence-electron chi connectivity index (χ1n) is 8.59. The van der Waals surface area contributed by atoms with Gasteiger partial charge in [0.15, 0.2) is 0 Å². The topological polar surface area (TPSA) is 58.6 Å². The summed E-state index contributed by atoms with van der Waals surface area (Å²) >= 11 is 1.45. The fourth-order valence-corrected chi connectivity index (χ4v) is 3.86. The molecule has 5 nitrogen and oxygen atoms in total. The number of anilines is 1. The van der Waals surface area contributed by atoms with Gasteiger partial charge in [-0.25, -0.2) is 0 Å². The first kappa shape index (κ1) is 18.3. The summed E-state index contributed by atoms with van der Waals surface area (Å²) in [7, 11) is 1.76. The minimum absolute atomic E-state index is 0.0501. The van der Waals surface area contributed by atoms with E-state index in [0.717, 1.165) is 21.9 Å². The van der Waals surface area contributed by atoms with Crippen molar-refractivity contribution >= 4 is 29.3 Å². The molecule has 1 atom stereocenters. The van der Waals surface area contributed by atoms with E-state index in [1.54, 1.807) is 11.9 Å². The number of carbonyl (C=O) groups is 2. The second-order valence-corrected chi connectivity index (χ2v) is 7.37. The van der Waals surface area contributed by atoms with Gasteiger partial charge in [-0.05, 0) is 36.8 Å². The maximum atomic E-state index is 12.6. The van der Waals surface area contributed by atoms with Gasteiger partial charge in [0, 0.05) is 24.9 Å². The van der Waals surface area contributed by atoms with Gasteiger partial charge in [-0.1, -0.05) is 24.3 Å². The predicted molar refractivity (Wildman–Crippen MR) is 103 cm³/mol. The van der Waals surface area contributed by atoms with Gasteiger partial charge >= 0.3 is 0 Å². The smallest absolute Gasteiger partial charge is 0.238 e. The Morgan fingerprint density at radius 1 is 1.19 bits per heavy atom. The van der Waals surface area contributed by atoms with Gasteiger partial charge in [0.2, 0.25) is 11.8 Å². The minimum atomic E-state index is -0.403. The lowest BCUT2D eigenvalue weighted by Gasteiger charge is -2.25. The van der Waals surface area contributed by atoms with Crippen LogP contribution in [0.5, 0.6) is 5.75 Å². The van der Waals surface area contributed by atoms with Crippen LogP contribution in [0.25, 0.3) is 0 Å². The van der Waals surface area contributed by atoms with Crippen molar-refractivity contribution in [3.8, 4) is 5.75 Å². The highest BCUT2D eigenvalue weighted by molar-refractivity contribution is 8.01. The van der Waals surface area contributed by atoms with Crippen LogP contribution in [0.4, 0.5) is 5.69 Å². The van der Waals surface area contributed by atoms with E-state index in [2.05, 4.69) is 5.32 Å². The molecule has 0 spiro atoms. The van der Waals surface area contributed by atoms with Gasteiger partial charge in [-0.15, -0.1) is 11.8 Å². The molecular formula is C20H22N2O3S. The van der Waals surface area contributed by atoms with Crippen molar-refractivity contribution < 1.29 is 14.3 Å². The van der Waals surface area contributed by atoms with Crippen LogP contribution in [0.3, 0.4) is 0 Å². The maximum Gasteiger partial charge on any atom is 0.238 e. The average Bonchev–Trinajstić information content (AvgIpc) is 2.64. The van der Waals surface area contributed by atoms with Crippen LogP contribution in [-0.4, -0.2) is 35.6 Å². The van der Waals surface area contributed by atoms with E-state index in [4.69, 9.17) is 4.74 Å². The molecule has 0 aliphatic carbocycles. The molecule has 0 fully saturated rings. The number of fused-ring (bicyclic) bond motifs is 1. The fourth-order valence-electron chi connectivity index (χ4n) is 2.76. The van der Waals surface area contributed by atoms with Crippen molar-refractivity contribution in [3.63, 3.8) is 0 Å². The quantitative estimate of drug-likeness (QED) is 0.845. The molecule has 1 heterocycles. The molecule has 136 valence electrons. The molecule has 3 rings (SSSR count). The summed E-state index contributed by atoms with van der Waals surface area (Å²) in [6, 6.07) is 15.4. The Balaban J connectivity index is 1.58. The molecular weight excluding hydrogens is 348 g/mol. The van der Waals surface area contributed by atoms with Crippen molar-refractivity contribution in [2.45, 2.75) is 30.0 Å². The first-order valence-corrected chi connectivity index (χ1v) is 9.47. The molecule has 2 aromatic rings. The molecule has 2 amide bonds. The third-order valence-corrected chi connectivity index (χ3v) is 5.42. The largest absolute Gasteiger partial charge is 0.494 e. The van der Waals surface area contributed by atoms with E-state index >= 15 is 0 Å². The minimum Gasteiger partial charge on any atom is -0.494 e. The highest BCUT2D eigenvalue weighted by Gasteiger charge is 2.29. The Morgan fingerprint density at radius 2 is 1.92 bits per heavy atom. The Bertz CT molecular complexity index is 792. The molecule has 0 aromatic heterocycles. The number of nitrogens with zero attached hydrogens (tertiary/aromatic N) is 1. The molecule has 26 heavy (non-hydrogen) atoms. The van der Waals surface area contributed by atoms with Crippen LogP contribution in [0.15, 0.2) is 53.4 Å². The van der Waals surface area contributed by atoms with Crippen LogP contribution in [0, 0.1) is 0 Å². The van der Waals surface area contributed by atoms with E-state index < -0.39 is 5.25 Å². The van der Waals surface area contributed by atoms with Crippen LogP contribution in [-0.2, 0) is 16.1 Å². The van der Waals surface area contributed by atoms with Crippen molar-refractivity contribution in [3.05, 3.63) is 54.1 Å². The highest BCUT2D eigenvalue weighted by atomic mass is 32.2. The summed E-state index contributed by atoms with van der Waals surface area (Å²) in [4.78, 5) is 27.5. The number of carbonyl (C=O) groups excluding carboxylic acids is 2. The number of hydrogen-bond donors (Lipinski definition) is 1. The van der Waals surface area contributed by atoms with Gasteiger partial charge in [0.05, 0.1) is 17.5 Å². The van der Waals surface area contributed by atoms with E-state index in [0.29, 0.717) is 13.2 Å². The summed E-state index contributed by atoms with van der Waals surface area (Å²) in [5.74, 6) is 0.654. The molecule has 1 aliphatic heterocycles. The highest BCUT2D eigenvalue weighted by Crippen LogP contribution is 2.36. The molecule has 0 unspecified atom stereocenters. The number of rotatable bonds is 6. The lowest BCUT2D eigenvalue weighted by atomic mass is 10.2. The second-order valence-electron chi connectivity index (χ2n) is 6.12. The van der Waals surface area contributed by atoms with E-state index in [1.807, 2.05) is 55.5 Å². The summed E-state index contributed by atoms with van der Waals surface area (Å²) in [6.45, 7) is 3.07. The fraction of sp³-hybridized carbons (Fsp3) is 0.300. The normalized spacial score (nSPS) is 15.8. The zero-order chi connectivity index (χ0) is 18.5. The lowest BCUT2D eigenvalue weighted by Crippen LogP contribution is -2.35.